The van der Waals surface area contributed by atoms with Crippen LogP contribution in [0.4, 0.5) is 4.79 Å². The molecule has 1 fully saturated rings. The number of nitrogens with one attached hydrogen (secondary N) is 1. The molecule has 3 heterocycles. The number of aromatic nitrogens is 2. The largest absolute Gasteiger partial charge is 1.00 e. The van der Waals surface area contributed by atoms with E-state index in [0.29, 0.717) is 6.54 Å². The van der Waals surface area contributed by atoms with Crippen molar-refractivity contribution in [3.63, 3.8) is 0 Å². The van der Waals surface area contributed by atoms with Gasteiger partial charge in [0.05, 0.1) is 6.20 Å². The summed E-state index contributed by atoms with van der Waals surface area (Å²) in [5, 5.41) is 10.7. The molecule has 1 aromatic rings. The maximum absolute atomic E-state index is 11.3. The van der Waals surface area contributed by atoms with Crippen molar-refractivity contribution in [2.75, 3.05) is 13.1 Å². The second-order valence-electron chi connectivity index (χ2n) is 3.93. The van der Waals surface area contributed by atoms with Gasteiger partial charge in [-0.15, -0.1) is 0 Å². The van der Waals surface area contributed by atoms with Gasteiger partial charge in [0.15, 0.2) is 6.03 Å². The fourth-order valence-electron chi connectivity index (χ4n) is 1.93. The molecular weight excluding hydrogens is 299 g/mol. The Balaban J connectivity index is 0.000000293. The Bertz CT molecular complexity index is 592. The van der Waals surface area contributed by atoms with Crippen LogP contribution in [0.2, 0.25) is 0 Å². The summed E-state index contributed by atoms with van der Waals surface area (Å²) in [5.41, 5.74) is 2.15. The van der Waals surface area contributed by atoms with Crippen LogP contribution in [0.15, 0.2) is 18.5 Å². The maximum atomic E-state index is 11.3. The van der Waals surface area contributed by atoms with Crippen molar-refractivity contribution in [1.29, 1.82) is 0 Å². The van der Waals surface area contributed by atoms with E-state index in [0.717, 1.165) is 17.7 Å². The molecule has 0 radical (unpaired) electrons. The van der Waals surface area contributed by atoms with E-state index in [2.05, 4.69) is 15.5 Å². The van der Waals surface area contributed by atoms with Crippen LogP contribution in [0.1, 0.15) is 5.56 Å². The molecule has 0 saturated carbocycles. The van der Waals surface area contributed by atoms with E-state index in [4.69, 9.17) is 17.5 Å². The summed E-state index contributed by atoms with van der Waals surface area (Å²) in [6.45, 7) is 1.38. The third-order valence-electron chi connectivity index (χ3n) is 2.65. The fraction of sp³-hybridized carbons (Fsp3) is 0.333. The Labute approximate surface area is 137 Å². The van der Waals surface area contributed by atoms with Gasteiger partial charge in [-0.1, -0.05) is 6.08 Å². The van der Waals surface area contributed by atoms with Crippen LogP contribution in [0.25, 0.3) is 10.9 Å². The van der Waals surface area contributed by atoms with E-state index in [1.54, 1.807) is 11.1 Å². The topological polar surface area (TPSA) is 138 Å². The molecule has 1 aromatic heterocycles. The van der Waals surface area contributed by atoms with E-state index in [9.17, 15) is 4.79 Å². The van der Waals surface area contributed by atoms with Gasteiger partial charge in [-0.05, 0) is 24.7 Å². The average Bonchev–Trinajstić information content (AvgIpc) is 2.88. The van der Waals surface area contributed by atoms with Crippen molar-refractivity contribution < 1.29 is 51.9 Å². The van der Waals surface area contributed by atoms with E-state index in [1.807, 2.05) is 12.3 Å². The number of amides is 2. The normalized spacial score (nSPS) is 20.3. The molecule has 9 nitrogen and oxygen atoms in total. The summed E-state index contributed by atoms with van der Waals surface area (Å²) >= 11 is 0. The van der Waals surface area contributed by atoms with Gasteiger partial charge >= 0.3 is 40.0 Å². The van der Waals surface area contributed by atoms with Gasteiger partial charge in [-0.3, -0.25) is 19.0 Å². The molecule has 0 aromatic carbocycles. The number of fused-ring (bicyclic) bond motifs is 2. The summed E-state index contributed by atoms with van der Waals surface area (Å²) in [5.74, 6) is 0. The van der Waals surface area contributed by atoms with Crippen LogP contribution in [-0.4, -0.2) is 57.8 Å². The zero-order valence-corrected chi connectivity index (χ0v) is 13.4. The van der Waals surface area contributed by atoms with Crippen molar-refractivity contribution in [3.8, 4) is 0 Å². The maximum Gasteiger partial charge on any atom is 1.00 e. The first-order chi connectivity index (χ1) is 8.84. The second kappa shape index (κ2) is 6.70. The van der Waals surface area contributed by atoms with E-state index in [1.165, 1.54) is 0 Å². The minimum Gasteiger partial charge on any atom is -0.432 e. The number of rotatable bonds is 1. The van der Waals surface area contributed by atoms with E-state index >= 15 is 0 Å². The van der Waals surface area contributed by atoms with Gasteiger partial charge in [0.1, 0.15) is 0 Å². The van der Waals surface area contributed by atoms with Gasteiger partial charge in [-0.2, -0.15) is 13.5 Å². The van der Waals surface area contributed by atoms with Crippen LogP contribution in [0.5, 0.6) is 0 Å². The molecule has 3 rings (SSSR count). The van der Waals surface area contributed by atoms with Gasteiger partial charge in [0, 0.05) is 11.8 Å². The zero-order chi connectivity index (χ0) is 14.0. The second-order valence-corrected chi connectivity index (χ2v) is 4.82. The molecule has 3 N–H and O–H groups in total. The molecular formula is C9H11N4NaO5S. The number of hydrogen-bond donors (Lipinski definition) is 3. The first-order valence-electron chi connectivity index (χ1n) is 5.23. The van der Waals surface area contributed by atoms with E-state index in [-0.39, 0.29) is 41.6 Å². The summed E-state index contributed by atoms with van der Waals surface area (Å²) in [4.78, 5) is 13.0. The molecule has 20 heavy (non-hydrogen) atoms. The van der Waals surface area contributed by atoms with Crippen molar-refractivity contribution >= 4 is 22.0 Å². The van der Waals surface area contributed by atoms with Crippen molar-refractivity contribution in [2.24, 2.45) is 0 Å². The molecule has 2 aliphatic rings. The zero-order valence-electron chi connectivity index (χ0n) is 10.6. The van der Waals surface area contributed by atoms with Gasteiger partial charge < -0.3 is 10.2 Å². The van der Waals surface area contributed by atoms with E-state index < -0.39 is 10.4 Å². The number of nitrogens with zero attached hydrogens (tertiary/aromatic N) is 3. The first kappa shape index (κ1) is 17.1. The Morgan fingerprint density at radius 3 is 2.65 bits per heavy atom. The van der Waals surface area contributed by atoms with Crippen LogP contribution >= 0.6 is 0 Å². The number of hydrogen-bond acceptors (Lipinski definition) is 4. The van der Waals surface area contributed by atoms with Gasteiger partial charge in [0.2, 0.25) is 0 Å². The molecule has 1 atom stereocenters. The van der Waals surface area contributed by atoms with Gasteiger partial charge in [-0.25, -0.2) is 0 Å². The molecule has 2 bridgehead atoms. The van der Waals surface area contributed by atoms with Crippen LogP contribution in [-0.2, 0) is 10.4 Å². The summed E-state index contributed by atoms with van der Waals surface area (Å²) in [6.07, 6.45) is 5.65. The molecule has 2 amide bonds. The number of urea groups is 1. The molecule has 2 aliphatic heterocycles. The monoisotopic (exact) mass is 310 g/mol. The molecule has 0 aliphatic carbocycles. The fourth-order valence-corrected chi connectivity index (χ4v) is 1.93. The van der Waals surface area contributed by atoms with Crippen molar-refractivity contribution in [1.82, 2.24) is 15.1 Å². The Morgan fingerprint density at radius 1 is 1.45 bits per heavy atom. The van der Waals surface area contributed by atoms with Gasteiger partial charge in [0.25, 0.3) is 0 Å². The smallest absolute Gasteiger partial charge is 0.432 e. The standard InChI is InChI=1S/C9H10N4O.Na.H2O4S/c14-9-12-8-5-13(9)2-1-7(8)6-3-10-11-4-6;;1-5(2,3)4/h1,3-4,8H,2,5H2,(H2,10,11,12,14);;(H2,1,2,3,4)/q;+1;/p-1. The third-order valence-corrected chi connectivity index (χ3v) is 2.65. The molecule has 1 saturated heterocycles. The Hall–Kier alpha value is -0.910. The average molecular weight is 310 g/mol. The van der Waals surface area contributed by atoms with Crippen LogP contribution in [0.3, 0.4) is 0 Å². The quantitative estimate of drug-likeness (QED) is 0.382. The van der Waals surface area contributed by atoms with Crippen LogP contribution < -0.4 is 29.6 Å². The minimum absolute atomic E-state index is 0. The number of aromatic amines is 1. The summed E-state index contributed by atoms with van der Waals surface area (Å²) in [7, 11) is -4.67. The SMILES string of the molecule is O=C1[N-]C2CN1CC=C2c1cn[nH]c1.O=S(=O)(O)O.[Na+]. The van der Waals surface area contributed by atoms with Crippen molar-refractivity contribution in [2.45, 2.75) is 6.04 Å². The Kier molecular flexibility index (Phi) is 5.74. The number of H-pyrrole nitrogens is 1. The molecule has 1 unspecified atom stereocenters. The summed E-state index contributed by atoms with van der Waals surface area (Å²) < 4.78 is 31.6. The van der Waals surface area contributed by atoms with Crippen LogP contribution in [0, 0.1) is 0 Å². The Morgan fingerprint density at radius 2 is 2.10 bits per heavy atom. The number of carbonyl (C=O) groups is 1. The third kappa shape index (κ3) is 4.58. The molecule has 104 valence electrons. The first-order valence-corrected chi connectivity index (χ1v) is 6.63. The molecule has 0 spiro atoms. The van der Waals surface area contributed by atoms with Crippen molar-refractivity contribution in [3.05, 3.63) is 29.3 Å². The predicted octanol–water partition coefficient (Wildman–Crippen LogP) is -2.66. The predicted molar refractivity (Wildman–Crippen MR) is 64.9 cm³/mol. The number of carbonyl (C=O) groups excluding carboxylic acids is 1. The molecule has 11 heteroatoms. The summed E-state index contributed by atoms with van der Waals surface area (Å²) in [6, 6.07) is -0.0846. The minimum atomic E-state index is -4.67.